The molecule has 0 radical (unpaired) electrons. The van der Waals surface area contributed by atoms with Gasteiger partial charge in [0.05, 0.1) is 23.0 Å². The Morgan fingerprint density at radius 3 is 2.34 bits per heavy atom. The molecule has 0 bridgehead atoms. The lowest BCUT2D eigenvalue weighted by atomic mass is 10.1. The molecule has 0 unspecified atom stereocenters. The van der Waals surface area contributed by atoms with Crippen molar-refractivity contribution in [2.75, 3.05) is 18.4 Å². The van der Waals surface area contributed by atoms with Crippen molar-refractivity contribution in [1.82, 2.24) is 24.1 Å². The summed E-state index contributed by atoms with van der Waals surface area (Å²) in [7, 11) is -3.33. The normalized spacial score (nSPS) is 15.8. The molecule has 0 spiro atoms. The third kappa shape index (κ3) is 4.21. The van der Waals surface area contributed by atoms with Crippen molar-refractivity contribution in [2.45, 2.75) is 24.6 Å². The van der Waals surface area contributed by atoms with Crippen LogP contribution < -0.4 is 5.32 Å². The second-order valence-corrected chi connectivity index (χ2v) is 9.88. The highest BCUT2D eigenvalue weighted by molar-refractivity contribution is 7.88. The van der Waals surface area contributed by atoms with E-state index in [1.165, 1.54) is 6.33 Å². The van der Waals surface area contributed by atoms with Crippen molar-refractivity contribution < 1.29 is 8.42 Å². The van der Waals surface area contributed by atoms with E-state index >= 15 is 0 Å². The monoisotopic (exact) mass is 448 g/mol. The van der Waals surface area contributed by atoms with Crippen LogP contribution in [0.15, 0.2) is 73.2 Å². The first-order valence-electron chi connectivity index (χ1n) is 10.6. The van der Waals surface area contributed by atoms with Crippen molar-refractivity contribution in [1.29, 1.82) is 0 Å². The van der Waals surface area contributed by atoms with Crippen LogP contribution in [0.3, 0.4) is 0 Å². The van der Waals surface area contributed by atoms with Gasteiger partial charge in [-0.25, -0.2) is 27.4 Å². The molecule has 2 aromatic heterocycles. The maximum Gasteiger partial charge on any atom is 0.218 e. The Bertz CT molecular complexity index is 1300. The van der Waals surface area contributed by atoms with Crippen LogP contribution in [0.1, 0.15) is 18.4 Å². The average molecular weight is 449 g/mol. The third-order valence-electron chi connectivity index (χ3n) is 5.75. The predicted octanol–water partition coefficient (Wildman–Crippen LogP) is 3.22. The minimum Gasteiger partial charge on any atom is -0.367 e. The fourth-order valence-electron chi connectivity index (χ4n) is 4.07. The summed E-state index contributed by atoms with van der Waals surface area (Å²) in [5, 5.41) is 8.82. The molecule has 1 fully saturated rings. The maximum atomic E-state index is 12.8. The highest BCUT2D eigenvalue weighted by atomic mass is 32.2. The number of sulfonamides is 1. The maximum absolute atomic E-state index is 12.8. The van der Waals surface area contributed by atoms with Crippen LogP contribution in [-0.4, -0.2) is 51.6 Å². The number of nitrogens with zero attached hydrogens (tertiary/aromatic N) is 5. The van der Waals surface area contributed by atoms with E-state index in [2.05, 4.69) is 20.4 Å². The fourth-order valence-corrected chi connectivity index (χ4v) is 5.63. The molecule has 1 saturated heterocycles. The summed E-state index contributed by atoms with van der Waals surface area (Å²) in [5.74, 6) is 0.764. The van der Waals surface area contributed by atoms with E-state index in [-0.39, 0.29) is 11.8 Å². The van der Waals surface area contributed by atoms with Crippen molar-refractivity contribution in [3.8, 4) is 5.69 Å². The number of hydrogen-bond donors (Lipinski definition) is 1. The summed E-state index contributed by atoms with van der Waals surface area (Å²) < 4.78 is 29.0. The zero-order valence-corrected chi connectivity index (χ0v) is 18.3. The molecule has 0 atom stereocenters. The van der Waals surface area contributed by atoms with Gasteiger partial charge in [-0.3, -0.25) is 0 Å². The molecule has 8 nitrogen and oxygen atoms in total. The number of piperidine rings is 1. The number of nitrogens with one attached hydrogen (secondary N) is 1. The lowest BCUT2D eigenvalue weighted by Crippen LogP contribution is -2.42. The van der Waals surface area contributed by atoms with E-state index in [4.69, 9.17) is 0 Å². The van der Waals surface area contributed by atoms with Crippen molar-refractivity contribution >= 4 is 26.9 Å². The highest BCUT2D eigenvalue weighted by Gasteiger charge is 2.28. The number of rotatable bonds is 6. The Hall–Kier alpha value is -3.30. The molecule has 0 amide bonds. The van der Waals surface area contributed by atoms with E-state index in [1.807, 2.05) is 60.7 Å². The molecule has 3 heterocycles. The summed E-state index contributed by atoms with van der Waals surface area (Å²) in [5.41, 5.74) is 2.48. The van der Waals surface area contributed by atoms with Crippen LogP contribution >= 0.6 is 0 Å². The van der Waals surface area contributed by atoms with E-state index in [1.54, 1.807) is 15.2 Å². The summed E-state index contributed by atoms with van der Waals surface area (Å²) in [4.78, 5) is 8.84. The molecule has 164 valence electrons. The molecule has 9 heteroatoms. The molecule has 2 aromatic carbocycles. The number of aromatic nitrogens is 4. The summed E-state index contributed by atoms with van der Waals surface area (Å²) >= 11 is 0. The molecule has 1 N–H and O–H groups in total. The van der Waals surface area contributed by atoms with Gasteiger partial charge in [-0.05, 0) is 30.5 Å². The highest BCUT2D eigenvalue weighted by Crippen LogP contribution is 2.25. The van der Waals surface area contributed by atoms with Crippen LogP contribution in [0.2, 0.25) is 0 Å². The molecular formula is C23H24N6O2S. The summed E-state index contributed by atoms with van der Waals surface area (Å²) in [6.07, 6.45) is 4.73. The van der Waals surface area contributed by atoms with Crippen molar-refractivity contribution in [3.63, 3.8) is 0 Å². The lowest BCUT2D eigenvalue weighted by molar-refractivity contribution is 0.329. The van der Waals surface area contributed by atoms with Gasteiger partial charge in [-0.2, -0.15) is 5.10 Å². The van der Waals surface area contributed by atoms with Crippen molar-refractivity contribution in [3.05, 3.63) is 78.8 Å². The molecule has 1 aliphatic heterocycles. The fraction of sp³-hybridized carbons (Fsp3) is 0.261. The zero-order valence-electron chi connectivity index (χ0n) is 17.5. The Labute approximate surface area is 187 Å². The zero-order chi connectivity index (χ0) is 22.0. The Morgan fingerprint density at radius 2 is 1.62 bits per heavy atom. The molecule has 32 heavy (non-hydrogen) atoms. The molecule has 5 rings (SSSR count). The lowest BCUT2D eigenvalue weighted by Gasteiger charge is -2.32. The number of anilines is 1. The minimum absolute atomic E-state index is 0.0388. The van der Waals surface area contributed by atoms with Gasteiger partial charge in [0, 0.05) is 19.1 Å². The van der Waals surface area contributed by atoms with E-state index < -0.39 is 10.0 Å². The largest absolute Gasteiger partial charge is 0.367 e. The van der Waals surface area contributed by atoms with E-state index in [0.717, 1.165) is 28.1 Å². The molecule has 1 aliphatic rings. The molecular weight excluding hydrogens is 424 g/mol. The van der Waals surface area contributed by atoms with Gasteiger partial charge in [0.15, 0.2) is 5.65 Å². The standard InChI is InChI=1S/C23H24N6O2S/c30-32(31,16-18-7-3-1-4-8-18)28-13-11-19(12-14-28)27-22-21-15-26-29(23(21)25-17-24-22)20-9-5-2-6-10-20/h1-10,15,17,19H,11-14,16H2,(H,24,25,27). The van der Waals surface area contributed by atoms with Gasteiger partial charge in [0.1, 0.15) is 12.1 Å². The first-order valence-corrected chi connectivity index (χ1v) is 12.2. The smallest absolute Gasteiger partial charge is 0.218 e. The van der Waals surface area contributed by atoms with Gasteiger partial charge in [-0.1, -0.05) is 48.5 Å². The molecule has 0 aliphatic carbocycles. The number of para-hydroxylation sites is 1. The topological polar surface area (TPSA) is 93.0 Å². The number of hydrogen-bond acceptors (Lipinski definition) is 6. The van der Waals surface area contributed by atoms with Gasteiger partial charge in [0.2, 0.25) is 10.0 Å². The first-order chi connectivity index (χ1) is 15.6. The SMILES string of the molecule is O=S(=O)(Cc1ccccc1)N1CCC(Nc2ncnc3c2cnn3-c2ccccc2)CC1. The minimum atomic E-state index is -3.33. The van der Waals surface area contributed by atoms with Crippen LogP contribution in [0.5, 0.6) is 0 Å². The summed E-state index contributed by atoms with van der Waals surface area (Å²) in [6, 6.07) is 19.3. The summed E-state index contributed by atoms with van der Waals surface area (Å²) in [6.45, 7) is 0.981. The van der Waals surface area contributed by atoms with E-state index in [9.17, 15) is 8.42 Å². The predicted molar refractivity (Wildman–Crippen MR) is 124 cm³/mol. The van der Waals surface area contributed by atoms with Crippen LogP contribution in [-0.2, 0) is 15.8 Å². The quantitative estimate of drug-likeness (QED) is 0.487. The number of fused-ring (bicyclic) bond motifs is 1. The van der Waals surface area contributed by atoms with Crippen LogP contribution in [0, 0.1) is 0 Å². The third-order valence-corrected chi connectivity index (χ3v) is 7.60. The van der Waals surface area contributed by atoms with Gasteiger partial charge < -0.3 is 5.32 Å². The second-order valence-electron chi connectivity index (χ2n) is 7.91. The Kier molecular flexibility index (Phi) is 5.59. The molecule has 0 saturated carbocycles. The first kappa shape index (κ1) is 20.6. The van der Waals surface area contributed by atoms with E-state index in [0.29, 0.717) is 25.9 Å². The van der Waals surface area contributed by atoms with Crippen LogP contribution in [0.4, 0.5) is 5.82 Å². The second kappa shape index (κ2) is 8.68. The molecule has 4 aromatic rings. The number of benzene rings is 2. The Morgan fingerprint density at radius 1 is 0.938 bits per heavy atom. The van der Waals surface area contributed by atoms with Gasteiger partial charge in [-0.15, -0.1) is 0 Å². The Balaban J connectivity index is 1.27. The van der Waals surface area contributed by atoms with Gasteiger partial charge in [0.25, 0.3) is 0 Å². The van der Waals surface area contributed by atoms with Crippen molar-refractivity contribution in [2.24, 2.45) is 0 Å². The van der Waals surface area contributed by atoms with Crippen LogP contribution in [0.25, 0.3) is 16.7 Å². The average Bonchev–Trinajstić information content (AvgIpc) is 3.26. The van der Waals surface area contributed by atoms with Gasteiger partial charge >= 0.3 is 0 Å².